The van der Waals surface area contributed by atoms with Crippen LogP contribution in [0.15, 0.2) is 18.2 Å². The average Bonchev–Trinajstić information content (AvgIpc) is 3.04. The Morgan fingerprint density at radius 3 is 2.88 bits per heavy atom. The highest BCUT2D eigenvalue weighted by Crippen LogP contribution is 2.35. The summed E-state index contributed by atoms with van der Waals surface area (Å²) < 4.78 is 12.9. The highest BCUT2D eigenvalue weighted by molar-refractivity contribution is 6.21. The highest BCUT2D eigenvalue weighted by Gasteiger charge is 2.29. The zero-order valence-corrected chi connectivity index (χ0v) is 10.2. The van der Waals surface area contributed by atoms with Gasteiger partial charge >= 0.3 is 0 Å². The third-order valence-electron chi connectivity index (χ3n) is 3.09. The lowest BCUT2D eigenvalue weighted by molar-refractivity contribution is 0.610. The maximum Gasteiger partial charge on any atom is 0.123 e. The Balaban J connectivity index is 1.80. The standard InChI is InChI=1S/C13H17ClFN/c1-9-6-12(15)5-4-11(9)7-16-8-13(14)10-2-3-10/h4-6,10,13,16H,2-3,7-8H2,1H3. The first-order valence-corrected chi connectivity index (χ1v) is 6.20. The number of alkyl halides is 1. The van der Waals surface area contributed by atoms with Crippen molar-refractivity contribution in [1.29, 1.82) is 0 Å². The zero-order chi connectivity index (χ0) is 11.5. The lowest BCUT2D eigenvalue weighted by atomic mass is 10.1. The van der Waals surface area contributed by atoms with E-state index < -0.39 is 0 Å². The lowest BCUT2D eigenvalue weighted by Crippen LogP contribution is -2.24. The van der Waals surface area contributed by atoms with Gasteiger partial charge in [-0.15, -0.1) is 11.6 Å². The van der Waals surface area contributed by atoms with E-state index in [1.54, 1.807) is 6.07 Å². The molecule has 1 saturated carbocycles. The van der Waals surface area contributed by atoms with E-state index in [1.165, 1.54) is 18.9 Å². The normalized spacial score (nSPS) is 17.4. The van der Waals surface area contributed by atoms with E-state index in [0.29, 0.717) is 5.92 Å². The van der Waals surface area contributed by atoms with Crippen LogP contribution in [0, 0.1) is 18.7 Å². The Morgan fingerprint density at radius 1 is 1.50 bits per heavy atom. The fraction of sp³-hybridized carbons (Fsp3) is 0.538. The second-order valence-electron chi connectivity index (χ2n) is 4.56. The van der Waals surface area contributed by atoms with Gasteiger partial charge in [-0.2, -0.15) is 0 Å². The SMILES string of the molecule is Cc1cc(F)ccc1CNCC(Cl)C1CC1. The average molecular weight is 242 g/mol. The minimum absolute atomic E-state index is 0.172. The Bertz CT molecular complexity index is 363. The number of halogens is 2. The quantitative estimate of drug-likeness (QED) is 0.781. The van der Waals surface area contributed by atoms with Gasteiger partial charge in [0.2, 0.25) is 0 Å². The van der Waals surface area contributed by atoms with Crippen molar-refractivity contribution in [3.05, 3.63) is 35.1 Å². The fourth-order valence-corrected chi connectivity index (χ4v) is 2.19. The predicted molar refractivity (Wildman–Crippen MR) is 65.2 cm³/mol. The van der Waals surface area contributed by atoms with E-state index in [4.69, 9.17) is 11.6 Å². The van der Waals surface area contributed by atoms with Gasteiger partial charge in [-0.05, 0) is 48.9 Å². The van der Waals surface area contributed by atoms with Crippen molar-refractivity contribution in [2.75, 3.05) is 6.54 Å². The summed E-state index contributed by atoms with van der Waals surface area (Å²) in [5, 5.41) is 3.58. The van der Waals surface area contributed by atoms with Crippen molar-refractivity contribution in [1.82, 2.24) is 5.32 Å². The molecule has 88 valence electrons. The largest absolute Gasteiger partial charge is 0.311 e. The van der Waals surface area contributed by atoms with Crippen LogP contribution < -0.4 is 5.32 Å². The third-order valence-corrected chi connectivity index (χ3v) is 3.60. The number of hydrogen-bond acceptors (Lipinski definition) is 1. The van der Waals surface area contributed by atoms with Crippen LogP contribution in [0.2, 0.25) is 0 Å². The molecule has 0 heterocycles. The van der Waals surface area contributed by atoms with Gasteiger partial charge < -0.3 is 5.32 Å². The molecule has 0 aromatic heterocycles. The fourth-order valence-electron chi connectivity index (χ4n) is 1.83. The minimum Gasteiger partial charge on any atom is -0.311 e. The van der Waals surface area contributed by atoms with Crippen molar-refractivity contribution in [2.45, 2.75) is 31.7 Å². The summed E-state index contributed by atoms with van der Waals surface area (Å²) in [4.78, 5) is 0. The van der Waals surface area contributed by atoms with Crippen LogP contribution in [0.4, 0.5) is 4.39 Å². The molecule has 0 amide bonds. The molecular weight excluding hydrogens is 225 g/mol. The van der Waals surface area contributed by atoms with E-state index in [9.17, 15) is 4.39 Å². The molecule has 1 atom stereocenters. The molecule has 3 heteroatoms. The van der Waals surface area contributed by atoms with Crippen LogP contribution in [0.5, 0.6) is 0 Å². The lowest BCUT2D eigenvalue weighted by Gasteiger charge is -2.11. The molecule has 16 heavy (non-hydrogen) atoms. The molecule has 1 N–H and O–H groups in total. The van der Waals surface area contributed by atoms with Gasteiger partial charge in [0.15, 0.2) is 0 Å². The number of nitrogens with one attached hydrogen (secondary N) is 1. The van der Waals surface area contributed by atoms with E-state index in [-0.39, 0.29) is 11.2 Å². The number of benzene rings is 1. The van der Waals surface area contributed by atoms with Crippen molar-refractivity contribution >= 4 is 11.6 Å². The van der Waals surface area contributed by atoms with E-state index in [2.05, 4.69) is 5.32 Å². The highest BCUT2D eigenvalue weighted by atomic mass is 35.5. The zero-order valence-electron chi connectivity index (χ0n) is 9.47. The molecule has 0 bridgehead atoms. The Kier molecular flexibility index (Phi) is 3.82. The number of hydrogen-bond donors (Lipinski definition) is 1. The summed E-state index contributed by atoms with van der Waals surface area (Å²) in [6.45, 7) is 3.53. The van der Waals surface area contributed by atoms with Crippen LogP contribution in [-0.4, -0.2) is 11.9 Å². The van der Waals surface area contributed by atoms with Gasteiger partial charge in [0.1, 0.15) is 5.82 Å². The second-order valence-corrected chi connectivity index (χ2v) is 5.12. The van der Waals surface area contributed by atoms with Crippen LogP contribution >= 0.6 is 11.6 Å². The molecule has 1 unspecified atom stereocenters. The maximum absolute atomic E-state index is 12.9. The molecule has 1 fully saturated rings. The Hall–Kier alpha value is -0.600. The molecule has 0 saturated heterocycles. The van der Waals surface area contributed by atoms with Gasteiger partial charge in [0, 0.05) is 18.5 Å². The minimum atomic E-state index is -0.172. The van der Waals surface area contributed by atoms with Gasteiger partial charge in [-0.1, -0.05) is 6.07 Å². The van der Waals surface area contributed by atoms with E-state index in [1.807, 2.05) is 13.0 Å². The van der Waals surface area contributed by atoms with Crippen LogP contribution in [0.1, 0.15) is 24.0 Å². The predicted octanol–water partition coefficient (Wildman–Crippen LogP) is 3.24. The van der Waals surface area contributed by atoms with E-state index in [0.717, 1.165) is 24.2 Å². The first kappa shape index (κ1) is 11.9. The first-order chi connectivity index (χ1) is 7.66. The van der Waals surface area contributed by atoms with Crippen molar-refractivity contribution in [3.63, 3.8) is 0 Å². The summed E-state index contributed by atoms with van der Waals surface area (Å²) in [6, 6.07) is 4.90. The first-order valence-electron chi connectivity index (χ1n) is 5.76. The molecule has 1 aromatic rings. The summed E-state index contributed by atoms with van der Waals surface area (Å²) in [5.41, 5.74) is 2.13. The molecule has 1 nitrogen and oxygen atoms in total. The number of rotatable bonds is 5. The summed E-state index contributed by atoms with van der Waals surface area (Å²) in [5.74, 6) is 0.540. The molecule has 0 radical (unpaired) electrons. The summed E-state index contributed by atoms with van der Waals surface area (Å²) >= 11 is 6.19. The Morgan fingerprint density at radius 2 is 2.25 bits per heavy atom. The van der Waals surface area contributed by atoms with E-state index >= 15 is 0 Å². The van der Waals surface area contributed by atoms with Crippen LogP contribution in [-0.2, 0) is 6.54 Å². The van der Waals surface area contributed by atoms with Gasteiger partial charge in [-0.3, -0.25) is 0 Å². The molecule has 0 spiro atoms. The molecule has 1 aliphatic carbocycles. The molecule has 2 rings (SSSR count). The Labute approximate surface area is 101 Å². The van der Waals surface area contributed by atoms with Gasteiger partial charge in [0.25, 0.3) is 0 Å². The number of aryl methyl sites for hydroxylation is 1. The van der Waals surface area contributed by atoms with Crippen LogP contribution in [0.3, 0.4) is 0 Å². The summed E-state index contributed by atoms with van der Waals surface area (Å²) in [6.07, 6.45) is 2.54. The maximum atomic E-state index is 12.9. The third kappa shape index (κ3) is 3.19. The van der Waals surface area contributed by atoms with Gasteiger partial charge in [-0.25, -0.2) is 4.39 Å². The van der Waals surface area contributed by atoms with Crippen molar-refractivity contribution in [3.8, 4) is 0 Å². The molecule has 1 aromatic carbocycles. The topological polar surface area (TPSA) is 12.0 Å². The molecule has 0 aliphatic heterocycles. The monoisotopic (exact) mass is 241 g/mol. The van der Waals surface area contributed by atoms with Gasteiger partial charge in [0.05, 0.1) is 0 Å². The molecule has 1 aliphatic rings. The second kappa shape index (κ2) is 5.15. The van der Waals surface area contributed by atoms with Crippen molar-refractivity contribution < 1.29 is 4.39 Å². The van der Waals surface area contributed by atoms with Crippen LogP contribution in [0.25, 0.3) is 0 Å². The summed E-state index contributed by atoms with van der Waals surface area (Å²) in [7, 11) is 0. The smallest absolute Gasteiger partial charge is 0.123 e. The van der Waals surface area contributed by atoms with Crippen molar-refractivity contribution in [2.24, 2.45) is 5.92 Å². The molecular formula is C13H17ClFN.